The van der Waals surface area contributed by atoms with E-state index in [0.29, 0.717) is 39.5 Å². The Labute approximate surface area is 698 Å². The predicted octanol–water partition coefficient (Wildman–Crippen LogP) is 10.5. The summed E-state index contributed by atoms with van der Waals surface area (Å²) in [6.07, 6.45) is 30.1. The quantitative estimate of drug-likeness (QED) is 0.0563. The summed E-state index contributed by atoms with van der Waals surface area (Å²) >= 11 is 0. The van der Waals surface area contributed by atoms with Crippen LogP contribution in [0.1, 0.15) is 180 Å². The van der Waals surface area contributed by atoms with Gasteiger partial charge in [0.25, 0.3) is 46.0 Å². The van der Waals surface area contributed by atoms with Crippen molar-refractivity contribution in [2.24, 2.45) is 22.2 Å². The Balaban J connectivity index is 0.000000107. The van der Waals surface area contributed by atoms with Crippen LogP contribution in [0.2, 0.25) is 0 Å². The van der Waals surface area contributed by atoms with Crippen molar-refractivity contribution < 1.29 is 80.6 Å². The van der Waals surface area contributed by atoms with Crippen LogP contribution in [0.4, 0.5) is 50.7 Å². The average Bonchev–Trinajstić information content (AvgIpc) is 1.54. The van der Waals surface area contributed by atoms with Gasteiger partial charge in [-0.2, -0.15) is 20.4 Å². The van der Waals surface area contributed by atoms with Crippen molar-refractivity contribution in [3.63, 3.8) is 0 Å². The van der Waals surface area contributed by atoms with Gasteiger partial charge in [0.05, 0.1) is 76.2 Å². The number of hydrogen-bond donors (Lipinski definition) is 8. The highest BCUT2D eigenvalue weighted by Gasteiger charge is 2.73. The molecule has 8 aromatic rings. The molecule has 4 aliphatic heterocycles. The number of hydrogen-bond acceptors (Lipinski definition) is 20. The molecule has 8 amide bonds. The zero-order chi connectivity index (χ0) is 84.1. The Morgan fingerprint density at radius 3 is 0.959 bits per heavy atom. The summed E-state index contributed by atoms with van der Waals surface area (Å²) < 4.78 is 167. The molecule has 14 aliphatic rings. The predicted molar refractivity (Wildman–Crippen MR) is 437 cm³/mol. The van der Waals surface area contributed by atoms with Crippen molar-refractivity contribution in [2.45, 2.75) is 246 Å². The van der Waals surface area contributed by atoms with E-state index in [1.54, 1.807) is 4.68 Å². The lowest BCUT2D eigenvalue weighted by Gasteiger charge is -2.30. The lowest BCUT2D eigenvalue weighted by Crippen LogP contribution is -2.36. The third kappa shape index (κ3) is 15.1. The highest BCUT2D eigenvalue weighted by Crippen LogP contribution is 2.63. The van der Waals surface area contributed by atoms with Crippen LogP contribution in [0.15, 0.2) is 68.6 Å². The molecule has 0 saturated heterocycles. The van der Waals surface area contributed by atoms with Crippen LogP contribution in [-0.2, 0) is 169 Å². The minimum Gasteiger partial charge on any atom is -0.477 e. The number of rotatable bonds is 12. The van der Waals surface area contributed by atoms with Gasteiger partial charge in [0.1, 0.15) is 6.61 Å². The number of nitrogens with zero attached hydrogens (tertiary/aromatic N) is 8. The number of nitrogens with one attached hydrogen (secondary N) is 8. The molecule has 0 radical (unpaired) electrons. The number of carbonyl (C=O) groups excluding carboxylic acids is 4. The Morgan fingerprint density at radius 1 is 0.380 bits per heavy atom. The molecule has 0 bridgehead atoms. The summed E-state index contributed by atoms with van der Waals surface area (Å²) in [4.78, 5) is 50.2. The van der Waals surface area contributed by atoms with Crippen molar-refractivity contribution in [1.82, 2.24) is 58.0 Å². The van der Waals surface area contributed by atoms with E-state index in [2.05, 4.69) is 80.1 Å². The number of amides is 8. The van der Waals surface area contributed by atoms with E-state index in [1.165, 1.54) is 72.5 Å². The number of halogens is 2. The van der Waals surface area contributed by atoms with E-state index in [4.69, 9.17) is 18.9 Å². The summed E-state index contributed by atoms with van der Waals surface area (Å²) in [7, 11) is -16.6. The van der Waals surface area contributed by atoms with Crippen LogP contribution in [0.25, 0.3) is 0 Å². The van der Waals surface area contributed by atoms with Crippen molar-refractivity contribution in [3.8, 4) is 23.5 Å². The number of anilines is 4. The molecule has 2 saturated carbocycles. The summed E-state index contributed by atoms with van der Waals surface area (Å²) in [5, 5.41) is 27.7. The van der Waals surface area contributed by atoms with Gasteiger partial charge < -0.3 is 40.2 Å². The number of aromatic nitrogens is 8. The molecule has 38 heteroatoms. The fourth-order valence-electron chi connectivity index (χ4n) is 19.9. The maximum atomic E-state index is 13.7. The van der Waals surface area contributed by atoms with E-state index >= 15 is 0 Å². The second-order valence-corrected chi connectivity index (χ2v) is 42.3. The second-order valence-electron chi connectivity index (χ2n) is 35.7. The van der Waals surface area contributed by atoms with Gasteiger partial charge in [-0.05, 0) is 256 Å². The minimum absolute atomic E-state index is 0.0864. The number of sulfonamides is 4. The minimum atomic E-state index is -4.31. The van der Waals surface area contributed by atoms with Gasteiger partial charge in [0.15, 0.2) is 19.6 Å². The number of fused-ring (bicyclic) bond motifs is 12. The molecular weight excluding hydrogens is 1640 g/mol. The van der Waals surface area contributed by atoms with Crippen LogP contribution in [0.5, 0.6) is 23.5 Å². The Bertz CT molecular complexity index is 5890. The first-order valence-corrected chi connectivity index (χ1v) is 47.9. The highest BCUT2D eigenvalue weighted by atomic mass is 32.2. The van der Waals surface area contributed by atoms with Crippen LogP contribution in [-0.4, -0.2) is 129 Å². The molecule has 8 heterocycles. The molecule has 4 aromatic carbocycles. The fourth-order valence-corrected chi connectivity index (χ4v) is 23.9. The molecule has 4 aromatic heterocycles. The molecule has 8 N–H and O–H groups in total. The van der Waals surface area contributed by atoms with Gasteiger partial charge >= 0.3 is 24.1 Å². The van der Waals surface area contributed by atoms with Gasteiger partial charge in [0.2, 0.25) is 23.5 Å². The molecule has 22 rings (SSSR count). The Morgan fingerprint density at radius 2 is 0.653 bits per heavy atom. The third-order valence-electron chi connectivity index (χ3n) is 26.2. The number of alkyl halides is 2. The Kier molecular flexibility index (Phi) is 19.9. The monoisotopic (exact) mass is 1740 g/mol. The average molecular weight is 1740 g/mol. The van der Waals surface area contributed by atoms with Crippen molar-refractivity contribution in [2.75, 3.05) is 47.7 Å². The summed E-state index contributed by atoms with van der Waals surface area (Å²) in [6.45, 7) is 8.72. The van der Waals surface area contributed by atoms with Crippen LogP contribution in [0.3, 0.4) is 0 Å². The molecular formula is C83H96F2N16O16S4. The third-order valence-corrected chi connectivity index (χ3v) is 31.5. The lowest BCUT2D eigenvalue weighted by atomic mass is 9.94. The molecule has 2 atom stereocenters. The van der Waals surface area contributed by atoms with E-state index in [9.17, 15) is 61.6 Å². The van der Waals surface area contributed by atoms with Crippen LogP contribution >= 0.6 is 0 Å². The van der Waals surface area contributed by atoms with Gasteiger partial charge in [-0.1, -0.05) is 45.0 Å². The maximum Gasteiger partial charge on any atom is 0.333 e. The van der Waals surface area contributed by atoms with Crippen molar-refractivity contribution in [3.05, 3.63) is 138 Å². The van der Waals surface area contributed by atoms with E-state index in [1.807, 2.05) is 25.5 Å². The smallest absolute Gasteiger partial charge is 0.333 e. The van der Waals surface area contributed by atoms with E-state index < -0.39 is 75.6 Å². The zero-order valence-electron chi connectivity index (χ0n) is 67.4. The van der Waals surface area contributed by atoms with E-state index in [0.717, 1.165) is 245 Å². The molecule has 32 nitrogen and oxygen atoms in total. The highest BCUT2D eigenvalue weighted by molar-refractivity contribution is 7.91. The first-order chi connectivity index (χ1) is 57.8. The number of aryl methyl sites for hydroxylation is 8. The van der Waals surface area contributed by atoms with Crippen molar-refractivity contribution in [1.29, 1.82) is 0 Å². The van der Waals surface area contributed by atoms with Crippen molar-refractivity contribution >= 4 is 87.0 Å². The largest absolute Gasteiger partial charge is 0.477 e. The standard InChI is InChI=1S/C21H22F2N4O4S.C21H24N4O4S.C21H26N4O4S.C20H24N4O4S/c22-21(23)9-20(21)10-27-18(31-11-20)16(8-24-27)32(29,30)26-19(28)25-17-14-5-1-3-12(14)7-13-4-2-6-15(13)17;26-20(23-18-15-5-1-3-13(15)9-14-4-2-6-16(14)18)24-30(27,28)17-10-22-25-11-21(7-8-21)12-29-19(17)25;1-21(2)11-25-19(29-12-21)17(10-22-25)30(27,28)24-20(26)23-18-15-7-3-5-13(15)9-14-6-4-8-16(14)18;1-12-10-24-19(28-11-12)17(9-21-24)29(26,27)23-20(25)22-18-15-6-2-4-13(15)8-14-5-3-7-16(14)18/h7-8H,1-6,9-11H2,(H2,25,26,28);9-10H,1-8,11-12H2,(H2,23,24,26);9-10H,3-8,11-12H2,1-2H3,(H2,23,24,26);8-9,12H,2-7,10-11H2,1H3,(H2,22,23,25). The Hall–Kier alpha value is -10.3. The van der Waals surface area contributed by atoms with Gasteiger partial charge in [0, 0.05) is 45.9 Å². The number of carbonyl (C=O) groups is 4. The van der Waals surface area contributed by atoms with Gasteiger partial charge in [-0.15, -0.1) is 0 Å². The molecule has 2 fully saturated rings. The normalized spacial score (nSPS) is 20.9. The van der Waals surface area contributed by atoms with Crippen LogP contribution in [0, 0.1) is 22.2 Å². The summed E-state index contributed by atoms with van der Waals surface area (Å²) in [5.74, 6) is -2.14. The lowest BCUT2D eigenvalue weighted by molar-refractivity contribution is 0.0140. The number of benzene rings is 4. The number of urea groups is 4. The van der Waals surface area contributed by atoms with Gasteiger partial charge in [-0.3, -0.25) is 0 Å². The summed E-state index contributed by atoms with van der Waals surface area (Å²) in [5.41, 5.74) is 21.0. The molecule has 2 unspecified atom stereocenters. The zero-order valence-corrected chi connectivity index (χ0v) is 70.7. The van der Waals surface area contributed by atoms with Gasteiger partial charge in [-0.25, -0.2) is 99.2 Å². The molecule has 10 aliphatic carbocycles. The SMILES string of the molecule is CC1(C)COc2c(S(=O)(=O)NC(=O)Nc3c4c(cc5c3CCC5)CCC4)cnn2C1.CC1COc2c(S(=O)(=O)NC(=O)Nc3c4c(cc5c3CCC5)CCC4)cnn2C1.O=C(Nc1c2c(cc3c1CCC3)CCC2)NS(=O)(=O)c1cnn2c1OCC1(C2)CC1(F)F.O=C(Nc1c2c(cc3c1CCC3)CCC2)NS(=O)(=O)c1cnn2c1OCC1(CC1)C2. The maximum absolute atomic E-state index is 13.7. The first kappa shape index (κ1) is 80.4. The summed E-state index contributed by atoms with van der Waals surface area (Å²) in [6, 6.07) is 5.93. The van der Waals surface area contributed by atoms with E-state index in [-0.39, 0.29) is 79.4 Å². The molecule has 121 heavy (non-hydrogen) atoms. The fraction of sp³-hybridized carbons (Fsp3) is 0.518. The van der Waals surface area contributed by atoms with Crippen LogP contribution < -0.4 is 59.1 Å². The first-order valence-electron chi connectivity index (χ1n) is 41.9. The second kappa shape index (κ2) is 30.0. The molecule has 642 valence electrons. The topological polar surface area (TPSA) is 409 Å². The number of ether oxygens (including phenoxy) is 4. The molecule has 2 spiro atoms.